The van der Waals surface area contributed by atoms with Crippen molar-refractivity contribution in [1.82, 2.24) is 4.98 Å². The van der Waals surface area contributed by atoms with Gasteiger partial charge in [0.2, 0.25) is 0 Å². The minimum atomic E-state index is -1.09. The summed E-state index contributed by atoms with van der Waals surface area (Å²) < 4.78 is 5.41. The Morgan fingerprint density at radius 1 is 1.53 bits per heavy atom. The number of rotatable bonds is 3. The lowest BCUT2D eigenvalue weighted by Gasteiger charge is -2.07. The van der Waals surface area contributed by atoms with Gasteiger partial charge in [0.15, 0.2) is 0 Å². The third kappa shape index (κ3) is 2.17. The van der Waals surface area contributed by atoms with Crippen molar-refractivity contribution in [2.24, 2.45) is 0 Å². The molecule has 1 heterocycles. The number of ether oxygens (including phenoxy) is 1. The average molecular weight is 252 g/mol. The monoisotopic (exact) mass is 251 g/mol. The van der Waals surface area contributed by atoms with E-state index in [1.165, 1.54) is 6.07 Å². The molecule has 17 heavy (non-hydrogen) atoms. The maximum atomic E-state index is 10.9. The highest BCUT2D eigenvalue weighted by atomic mass is 35.5. The molecule has 1 N–H and O–H groups in total. The maximum absolute atomic E-state index is 10.9. The van der Waals surface area contributed by atoms with E-state index in [1.807, 2.05) is 6.92 Å². The molecule has 0 aliphatic carbocycles. The van der Waals surface area contributed by atoms with Crippen LogP contribution in [0.15, 0.2) is 24.3 Å². The lowest BCUT2D eigenvalue weighted by atomic mass is 10.1. The minimum Gasteiger partial charge on any atom is -0.492 e. The van der Waals surface area contributed by atoms with E-state index >= 15 is 0 Å². The van der Waals surface area contributed by atoms with Crippen molar-refractivity contribution in [2.45, 2.75) is 6.92 Å². The minimum absolute atomic E-state index is 0.00665. The molecule has 88 valence electrons. The molecular weight excluding hydrogens is 242 g/mol. The summed E-state index contributed by atoms with van der Waals surface area (Å²) in [4.78, 5) is 15.0. The fourth-order valence-electron chi connectivity index (χ4n) is 1.57. The lowest BCUT2D eigenvalue weighted by molar-refractivity contribution is 0.0697. The first-order valence-corrected chi connectivity index (χ1v) is 5.46. The number of pyridine rings is 1. The Kier molecular flexibility index (Phi) is 3.15. The summed E-state index contributed by atoms with van der Waals surface area (Å²) in [6, 6.07) is 6.83. The van der Waals surface area contributed by atoms with E-state index in [1.54, 1.807) is 18.2 Å². The number of hydrogen-bond donors (Lipinski definition) is 1. The molecule has 0 saturated heterocycles. The van der Waals surface area contributed by atoms with Crippen LogP contribution in [-0.4, -0.2) is 22.7 Å². The zero-order valence-corrected chi connectivity index (χ0v) is 9.86. The zero-order chi connectivity index (χ0) is 12.4. The molecule has 5 heteroatoms. The quantitative estimate of drug-likeness (QED) is 0.852. The van der Waals surface area contributed by atoms with E-state index in [2.05, 4.69) is 4.98 Å². The summed E-state index contributed by atoms with van der Waals surface area (Å²) in [6.07, 6.45) is 0. The van der Waals surface area contributed by atoms with Gasteiger partial charge >= 0.3 is 5.97 Å². The van der Waals surface area contributed by atoms with Crippen LogP contribution < -0.4 is 4.74 Å². The predicted octanol–water partition coefficient (Wildman–Crippen LogP) is 2.99. The van der Waals surface area contributed by atoms with Gasteiger partial charge in [0.25, 0.3) is 0 Å². The molecule has 0 spiro atoms. The Morgan fingerprint density at radius 3 is 2.94 bits per heavy atom. The van der Waals surface area contributed by atoms with Crippen LogP contribution in [0.1, 0.15) is 17.3 Å². The molecule has 1 aromatic carbocycles. The maximum Gasteiger partial charge on any atom is 0.338 e. The highest BCUT2D eigenvalue weighted by molar-refractivity contribution is 6.32. The molecule has 0 aliphatic heterocycles. The predicted molar refractivity (Wildman–Crippen MR) is 64.9 cm³/mol. The van der Waals surface area contributed by atoms with Crippen molar-refractivity contribution in [3.05, 3.63) is 35.0 Å². The van der Waals surface area contributed by atoms with Crippen molar-refractivity contribution in [3.8, 4) is 5.75 Å². The van der Waals surface area contributed by atoms with Gasteiger partial charge in [-0.3, -0.25) is 0 Å². The summed E-state index contributed by atoms with van der Waals surface area (Å²) in [5.74, 6) is -0.491. The average Bonchev–Trinajstić information content (AvgIpc) is 2.29. The van der Waals surface area contributed by atoms with Crippen molar-refractivity contribution in [2.75, 3.05) is 6.61 Å². The highest BCUT2D eigenvalue weighted by Crippen LogP contribution is 2.27. The largest absolute Gasteiger partial charge is 0.492 e. The third-order valence-corrected chi connectivity index (χ3v) is 2.58. The first-order valence-electron chi connectivity index (χ1n) is 5.09. The number of hydrogen-bond acceptors (Lipinski definition) is 3. The van der Waals surface area contributed by atoms with E-state index < -0.39 is 5.97 Å². The summed E-state index contributed by atoms with van der Waals surface area (Å²) in [7, 11) is 0. The number of fused-ring (bicyclic) bond motifs is 1. The molecule has 0 atom stereocenters. The van der Waals surface area contributed by atoms with Crippen LogP contribution in [0, 0.1) is 0 Å². The fourth-order valence-corrected chi connectivity index (χ4v) is 1.79. The van der Waals surface area contributed by atoms with Gasteiger partial charge in [-0.2, -0.15) is 0 Å². The summed E-state index contributed by atoms with van der Waals surface area (Å²) in [6.45, 7) is 2.38. The molecule has 2 aromatic rings. The van der Waals surface area contributed by atoms with Gasteiger partial charge in [-0.05, 0) is 19.1 Å². The van der Waals surface area contributed by atoms with Crippen molar-refractivity contribution in [3.63, 3.8) is 0 Å². The number of halogens is 1. The molecule has 4 nitrogen and oxygen atoms in total. The van der Waals surface area contributed by atoms with E-state index in [0.29, 0.717) is 23.3 Å². The number of nitrogens with zero attached hydrogens (tertiary/aromatic N) is 1. The van der Waals surface area contributed by atoms with Gasteiger partial charge in [-0.15, -0.1) is 0 Å². The Hall–Kier alpha value is -1.81. The second kappa shape index (κ2) is 4.59. The molecule has 0 unspecified atom stereocenters. The number of para-hydroxylation sites is 1. The summed E-state index contributed by atoms with van der Waals surface area (Å²) >= 11 is 5.82. The van der Waals surface area contributed by atoms with E-state index in [-0.39, 0.29) is 10.7 Å². The topological polar surface area (TPSA) is 59.4 Å². The molecular formula is C12H10ClNO3. The first kappa shape index (κ1) is 11.7. The molecule has 0 fully saturated rings. The number of aromatic carboxylic acids is 1. The fraction of sp³-hybridized carbons (Fsp3) is 0.167. The van der Waals surface area contributed by atoms with Gasteiger partial charge in [-0.25, -0.2) is 9.78 Å². The molecule has 0 radical (unpaired) electrons. The molecule has 0 saturated carbocycles. The van der Waals surface area contributed by atoms with E-state index in [0.717, 1.165) is 0 Å². The van der Waals surface area contributed by atoms with Gasteiger partial charge < -0.3 is 9.84 Å². The lowest BCUT2D eigenvalue weighted by Crippen LogP contribution is -2.00. The van der Waals surface area contributed by atoms with Crippen LogP contribution in [0.2, 0.25) is 5.15 Å². The summed E-state index contributed by atoms with van der Waals surface area (Å²) in [5.41, 5.74) is 0.567. The normalized spacial score (nSPS) is 10.5. The zero-order valence-electron chi connectivity index (χ0n) is 9.11. The Balaban J connectivity index is 2.69. The van der Waals surface area contributed by atoms with E-state index in [4.69, 9.17) is 21.4 Å². The number of carboxylic acids is 1. The van der Waals surface area contributed by atoms with Crippen molar-refractivity contribution >= 4 is 28.5 Å². The van der Waals surface area contributed by atoms with Crippen LogP contribution in [0.4, 0.5) is 0 Å². The molecule has 0 aliphatic rings. The Labute approximate surface area is 103 Å². The molecule has 2 rings (SSSR count). The molecule has 0 amide bonds. The van der Waals surface area contributed by atoms with Crippen LogP contribution in [0.5, 0.6) is 5.75 Å². The standard InChI is InChI=1S/C12H10ClNO3/c1-2-17-9-5-3-4-7-6-8(12(15)16)11(13)14-10(7)9/h3-6H,2H2,1H3,(H,15,16). The number of carboxylic acid groups (broad SMARTS) is 1. The van der Waals surface area contributed by atoms with Gasteiger partial charge in [0, 0.05) is 5.39 Å². The van der Waals surface area contributed by atoms with Crippen LogP contribution in [-0.2, 0) is 0 Å². The van der Waals surface area contributed by atoms with Crippen LogP contribution in [0.3, 0.4) is 0 Å². The second-order valence-electron chi connectivity index (χ2n) is 3.39. The van der Waals surface area contributed by atoms with Crippen molar-refractivity contribution in [1.29, 1.82) is 0 Å². The molecule has 0 bridgehead atoms. The van der Waals surface area contributed by atoms with Gasteiger partial charge in [-0.1, -0.05) is 23.7 Å². The van der Waals surface area contributed by atoms with Gasteiger partial charge in [0.1, 0.15) is 16.4 Å². The number of carbonyl (C=O) groups is 1. The second-order valence-corrected chi connectivity index (χ2v) is 3.75. The number of aromatic nitrogens is 1. The number of benzene rings is 1. The first-order chi connectivity index (χ1) is 8.13. The van der Waals surface area contributed by atoms with E-state index in [9.17, 15) is 4.79 Å². The SMILES string of the molecule is CCOc1cccc2cc(C(=O)O)c(Cl)nc12. The summed E-state index contributed by atoms with van der Waals surface area (Å²) in [5, 5.41) is 9.60. The van der Waals surface area contributed by atoms with Crippen molar-refractivity contribution < 1.29 is 14.6 Å². The highest BCUT2D eigenvalue weighted by Gasteiger charge is 2.13. The molecule has 1 aromatic heterocycles. The third-order valence-electron chi connectivity index (χ3n) is 2.29. The Morgan fingerprint density at radius 2 is 2.29 bits per heavy atom. The smallest absolute Gasteiger partial charge is 0.338 e. The Bertz CT molecular complexity index is 583. The van der Waals surface area contributed by atoms with Gasteiger partial charge in [0.05, 0.1) is 12.2 Å². The van der Waals surface area contributed by atoms with Crippen LogP contribution >= 0.6 is 11.6 Å². The van der Waals surface area contributed by atoms with Crippen LogP contribution in [0.25, 0.3) is 10.9 Å².